The van der Waals surface area contributed by atoms with E-state index in [1.165, 1.54) is 0 Å². The Morgan fingerprint density at radius 3 is 2.81 bits per heavy atom. The van der Waals surface area contributed by atoms with Crippen molar-refractivity contribution in [2.75, 3.05) is 7.11 Å². The van der Waals surface area contributed by atoms with Crippen LogP contribution in [0.1, 0.15) is 28.4 Å². The fraction of sp³-hybridized carbons (Fsp3) is 0.188. The van der Waals surface area contributed by atoms with Crippen LogP contribution in [0.5, 0.6) is 11.5 Å². The number of rotatable bonds is 2. The fourth-order valence-electron chi connectivity index (χ4n) is 2.33. The lowest BCUT2D eigenvalue weighted by molar-refractivity contribution is 0.0849. The average Bonchev–Trinajstić information content (AvgIpc) is 2.49. The van der Waals surface area contributed by atoms with Crippen LogP contribution >= 0.6 is 27.5 Å². The first-order valence-corrected chi connectivity index (χ1v) is 7.58. The Kier molecular flexibility index (Phi) is 3.91. The van der Waals surface area contributed by atoms with Crippen molar-refractivity contribution in [1.29, 1.82) is 0 Å². The minimum atomic E-state index is -0.299. The molecule has 3 rings (SSSR count). The Balaban J connectivity index is 1.94. The summed E-state index contributed by atoms with van der Waals surface area (Å²) in [6.45, 7) is 0. The molecule has 0 amide bonds. The summed E-state index contributed by atoms with van der Waals surface area (Å²) < 4.78 is 11.9. The van der Waals surface area contributed by atoms with Gasteiger partial charge in [-0.25, -0.2) is 0 Å². The van der Waals surface area contributed by atoms with Gasteiger partial charge in [0.15, 0.2) is 5.78 Å². The van der Waals surface area contributed by atoms with Gasteiger partial charge in [0.1, 0.15) is 17.6 Å². The lowest BCUT2D eigenvalue weighted by Crippen LogP contribution is -2.20. The number of hydrogen-bond acceptors (Lipinski definition) is 3. The molecule has 0 aromatic heterocycles. The van der Waals surface area contributed by atoms with E-state index in [1.54, 1.807) is 31.4 Å². The molecule has 0 N–H and O–H groups in total. The number of methoxy groups -OCH3 is 1. The van der Waals surface area contributed by atoms with Gasteiger partial charge >= 0.3 is 0 Å². The molecule has 0 saturated heterocycles. The van der Waals surface area contributed by atoms with Crippen LogP contribution in [0.3, 0.4) is 0 Å². The summed E-state index contributed by atoms with van der Waals surface area (Å²) in [5.74, 6) is 1.28. The molecule has 0 fully saturated rings. The molecule has 0 saturated carbocycles. The number of Topliss-reactive ketones (excluding diaryl/α,β-unsaturated/α-hetero) is 1. The molecule has 2 aromatic carbocycles. The monoisotopic (exact) mass is 366 g/mol. The number of carbonyl (C=O) groups is 1. The highest BCUT2D eigenvalue weighted by atomic mass is 79.9. The molecule has 0 spiro atoms. The van der Waals surface area contributed by atoms with Crippen LogP contribution < -0.4 is 9.47 Å². The Morgan fingerprint density at radius 2 is 2.10 bits per heavy atom. The number of halogens is 2. The molecule has 0 aliphatic carbocycles. The summed E-state index contributed by atoms with van der Waals surface area (Å²) in [6, 6.07) is 10.8. The zero-order valence-corrected chi connectivity index (χ0v) is 13.6. The molecule has 21 heavy (non-hydrogen) atoms. The molecular weight excluding hydrogens is 356 g/mol. The van der Waals surface area contributed by atoms with E-state index >= 15 is 0 Å². The van der Waals surface area contributed by atoms with Crippen molar-refractivity contribution in [3.63, 3.8) is 0 Å². The molecule has 2 aromatic rings. The van der Waals surface area contributed by atoms with Gasteiger partial charge in [0.2, 0.25) is 0 Å². The standard InChI is InChI=1S/C16H12BrClO3/c1-20-10-3-5-15-11(7-10)14(19)8-16(21-15)9-2-4-13(18)12(17)6-9/h2-7,16H,8H2,1H3. The van der Waals surface area contributed by atoms with Crippen LogP contribution in [0.15, 0.2) is 40.9 Å². The number of benzene rings is 2. The van der Waals surface area contributed by atoms with Crippen LogP contribution in [0.2, 0.25) is 5.02 Å². The van der Waals surface area contributed by atoms with E-state index < -0.39 is 0 Å². The van der Waals surface area contributed by atoms with E-state index in [9.17, 15) is 4.79 Å². The highest BCUT2D eigenvalue weighted by Crippen LogP contribution is 2.38. The minimum Gasteiger partial charge on any atom is -0.497 e. The largest absolute Gasteiger partial charge is 0.497 e. The van der Waals surface area contributed by atoms with E-state index in [0.29, 0.717) is 28.5 Å². The van der Waals surface area contributed by atoms with Crippen molar-refractivity contribution in [1.82, 2.24) is 0 Å². The molecule has 0 radical (unpaired) electrons. The van der Waals surface area contributed by atoms with Crippen molar-refractivity contribution in [3.05, 3.63) is 57.0 Å². The first kappa shape index (κ1) is 14.4. The van der Waals surface area contributed by atoms with Crippen molar-refractivity contribution in [3.8, 4) is 11.5 Å². The van der Waals surface area contributed by atoms with Crippen molar-refractivity contribution >= 4 is 33.3 Å². The zero-order chi connectivity index (χ0) is 15.0. The Morgan fingerprint density at radius 1 is 1.29 bits per heavy atom. The predicted octanol–water partition coefficient (Wildman–Crippen LogP) is 4.82. The summed E-state index contributed by atoms with van der Waals surface area (Å²) in [5.41, 5.74) is 1.49. The Bertz CT molecular complexity index is 715. The molecule has 1 aliphatic rings. The molecule has 0 bridgehead atoms. The van der Waals surface area contributed by atoms with Gasteiger partial charge in [-0.15, -0.1) is 0 Å². The van der Waals surface area contributed by atoms with E-state index in [-0.39, 0.29) is 11.9 Å². The molecule has 1 heterocycles. The van der Waals surface area contributed by atoms with Gasteiger partial charge in [-0.05, 0) is 51.8 Å². The first-order valence-electron chi connectivity index (χ1n) is 6.41. The third-order valence-corrected chi connectivity index (χ3v) is 4.66. The third-order valence-electron chi connectivity index (χ3n) is 3.44. The van der Waals surface area contributed by atoms with Crippen LogP contribution in [0.25, 0.3) is 0 Å². The van der Waals surface area contributed by atoms with Gasteiger partial charge in [-0.2, -0.15) is 0 Å². The second kappa shape index (κ2) is 5.70. The quantitative estimate of drug-likeness (QED) is 0.763. The first-order chi connectivity index (χ1) is 10.1. The van der Waals surface area contributed by atoms with Gasteiger partial charge in [0.05, 0.1) is 24.1 Å². The van der Waals surface area contributed by atoms with Crippen molar-refractivity contribution in [2.24, 2.45) is 0 Å². The molecule has 5 heteroatoms. The Hall–Kier alpha value is -1.52. The van der Waals surface area contributed by atoms with E-state index in [1.807, 2.05) is 12.1 Å². The van der Waals surface area contributed by atoms with E-state index in [2.05, 4.69) is 15.9 Å². The van der Waals surface area contributed by atoms with Gasteiger partial charge < -0.3 is 9.47 Å². The minimum absolute atomic E-state index is 0.0474. The van der Waals surface area contributed by atoms with E-state index in [4.69, 9.17) is 21.1 Å². The third kappa shape index (κ3) is 2.78. The normalized spacial score (nSPS) is 17.1. The summed E-state index contributed by atoms with van der Waals surface area (Å²) in [4.78, 5) is 12.3. The van der Waals surface area contributed by atoms with Crippen LogP contribution in [-0.2, 0) is 0 Å². The average molecular weight is 368 g/mol. The summed E-state index contributed by atoms with van der Waals surface area (Å²) in [5, 5.41) is 0.631. The van der Waals surface area contributed by atoms with Crippen molar-refractivity contribution in [2.45, 2.75) is 12.5 Å². The van der Waals surface area contributed by atoms with Gasteiger partial charge in [-0.3, -0.25) is 4.79 Å². The topological polar surface area (TPSA) is 35.5 Å². The summed E-state index contributed by atoms with van der Waals surface area (Å²) in [7, 11) is 1.57. The van der Waals surface area contributed by atoms with Crippen molar-refractivity contribution < 1.29 is 14.3 Å². The number of ketones is 1. The fourth-order valence-corrected chi connectivity index (χ4v) is 2.84. The van der Waals surface area contributed by atoms with Gasteiger partial charge in [0.25, 0.3) is 0 Å². The predicted molar refractivity (Wildman–Crippen MR) is 84.5 cm³/mol. The molecule has 1 atom stereocenters. The Labute approximate surface area is 136 Å². The second-order valence-electron chi connectivity index (χ2n) is 4.77. The van der Waals surface area contributed by atoms with Crippen LogP contribution in [-0.4, -0.2) is 12.9 Å². The number of ether oxygens (including phenoxy) is 2. The molecule has 3 nitrogen and oxygen atoms in total. The zero-order valence-electron chi connectivity index (χ0n) is 11.2. The second-order valence-corrected chi connectivity index (χ2v) is 6.03. The lowest BCUT2D eigenvalue weighted by Gasteiger charge is -2.26. The SMILES string of the molecule is COc1ccc2c(c1)C(=O)CC(c1ccc(Cl)c(Br)c1)O2. The van der Waals surface area contributed by atoms with Gasteiger partial charge in [0, 0.05) is 4.47 Å². The highest BCUT2D eigenvalue weighted by Gasteiger charge is 2.28. The smallest absolute Gasteiger partial charge is 0.170 e. The lowest BCUT2D eigenvalue weighted by atomic mass is 9.96. The summed E-state index contributed by atoms with van der Waals surface area (Å²) >= 11 is 9.38. The molecule has 1 aliphatic heterocycles. The summed E-state index contributed by atoms with van der Waals surface area (Å²) in [6.07, 6.45) is 0.000732. The van der Waals surface area contributed by atoms with Crippen LogP contribution in [0, 0.1) is 0 Å². The maximum absolute atomic E-state index is 12.3. The maximum atomic E-state index is 12.3. The number of fused-ring (bicyclic) bond motifs is 1. The highest BCUT2D eigenvalue weighted by molar-refractivity contribution is 9.10. The van der Waals surface area contributed by atoms with Gasteiger partial charge in [-0.1, -0.05) is 17.7 Å². The molecule has 1 unspecified atom stereocenters. The molecular formula is C16H12BrClO3. The number of carbonyl (C=O) groups excluding carboxylic acids is 1. The molecule has 108 valence electrons. The number of hydrogen-bond donors (Lipinski definition) is 0. The van der Waals surface area contributed by atoms with Crippen LogP contribution in [0.4, 0.5) is 0 Å². The maximum Gasteiger partial charge on any atom is 0.170 e. The van der Waals surface area contributed by atoms with E-state index in [0.717, 1.165) is 10.0 Å².